The molecule has 1 atom stereocenters. The molecule has 1 fully saturated rings. The minimum Gasteiger partial charge on any atom is -0.507 e. The molecule has 0 aromatic heterocycles. The number of carbonyl (C=O) groups excluding carboxylic acids is 1. The van der Waals surface area contributed by atoms with Crippen molar-refractivity contribution in [1.82, 2.24) is 4.90 Å². The standard InChI is InChI=1S/C15H19NO5/c1-21-11-5-6-13(17)12(9-11)15(20)16-7-3-2-4-10(16)8-14(18)19/h5-6,9-10,17H,2-4,7-8H2,1H3,(H,18,19). The number of hydrogen-bond acceptors (Lipinski definition) is 4. The Hall–Kier alpha value is -2.24. The first kappa shape index (κ1) is 15.2. The number of benzene rings is 1. The highest BCUT2D eigenvalue weighted by Gasteiger charge is 2.30. The van der Waals surface area contributed by atoms with Gasteiger partial charge in [-0.1, -0.05) is 0 Å². The second-order valence-electron chi connectivity index (χ2n) is 5.13. The summed E-state index contributed by atoms with van der Waals surface area (Å²) in [5.41, 5.74) is 0.145. The molecule has 114 valence electrons. The lowest BCUT2D eigenvalue weighted by Crippen LogP contribution is -2.44. The number of phenolic OH excluding ortho intramolecular Hbond substituents is 1. The van der Waals surface area contributed by atoms with Gasteiger partial charge >= 0.3 is 5.97 Å². The van der Waals surface area contributed by atoms with Gasteiger partial charge in [0.25, 0.3) is 5.91 Å². The molecule has 0 spiro atoms. The van der Waals surface area contributed by atoms with Crippen LogP contribution in [0.3, 0.4) is 0 Å². The summed E-state index contributed by atoms with van der Waals surface area (Å²) in [5.74, 6) is -0.921. The van der Waals surface area contributed by atoms with Crippen molar-refractivity contribution in [2.75, 3.05) is 13.7 Å². The molecule has 2 N–H and O–H groups in total. The first-order valence-electron chi connectivity index (χ1n) is 6.92. The molecule has 1 aliphatic heterocycles. The quantitative estimate of drug-likeness (QED) is 0.885. The predicted molar refractivity (Wildman–Crippen MR) is 75.6 cm³/mol. The lowest BCUT2D eigenvalue weighted by Gasteiger charge is -2.35. The second-order valence-corrected chi connectivity index (χ2v) is 5.13. The van der Waals surface area contributed by atoms with Crippen LogP contribution in [0.4, 0.5) is 0 Å². The first-order chi connectivity index (χ1) is 10.0. The van der Waals surface area contributed by atoms with Crippen LogP contribution in [-0.4, -0.2) is 46.7 Å². The molecule has 1 saturated heterocycles. The van der Waals surface area contributed by atoms with E-state index in [0.29, 0.717) is 18.7 Å². The van der Waals surface area contributed by atoms with E-state index in [2.05, 4.69) is 0 Å². The maximum atomic E-state index is 12.6. The molecule has 1 aromatic carbocycles. The molecule has 0 radical (unpaired) electrons. The number of rotatable bonds is 4. The van der Waals surface area contributed by atoms with Gasteiger partial charge in [0.1, 0.15) is 11.5 Å². The van der Waals surface area contributed by atoms with Crippen molar-refractivity contribution in [3.8, 4) is 11.5 Å². The third-order valence-corrected chi connectivity index (χ3v) is 3.73. The van der Waals surface area contributed by atoms with Crippen LogP contribution < -0.4 is 4.74 Å². The molecule has 0 bridgehead atoms. The van der Waals surface area contributed by atoms with Gasteiger partial charge in [-0.25, -0.2) is 0 Å². The zero-order valence-corrected chi connectivity index (χ0v) is 11.9. The molecule has 6 nitrogen and oxygen atoms in total. The number of aromatic hydroxyl groups is 1. The van der Waals surface area contributed by atoms with Gasteiger partial charge in [-0.05, 0) is 37.5 Å². The predicted octanol–water partition coefficient (Wildman–Crippen LogP) is 1.87. The maximum absolute atomic E-state index is 12.6. The molecule has 6 heteroatoms. The van der Waals surface area contributed by atoms with Crippen molar-refractivity contribution < 1.29 is 24.5 Å². The minimum absolute atomic E-state index is 0.0729. The Morgan fingerprint density at radius 2 is 2.14 bits per heavy atom. The molecule has 1 aliphatic rings. The number of hydrogen-bond donors (Lipinski definition) is 2. The third-order valence-electron chi connectivity index (χ3n) is 3.73. The summed E-state index contributed by atoms with van der Waals surface area (Å²) in [5, 5.41) is 18.8. The van der Waals surface area contributed by atoms with Crippen LogP contribution in [0.2, 0.25) is 0 Å². The summed E-state index contributed by atoms with van der Waals surface area (Å²) >= 11 is 0. The van der Waals surface area contributed by atoms with Crippen LogP contribution in [0.1, 0.15) is 36.0 Å². The first-order valence-corrected chi connectivity index (χ1v) is 6.92. The monoisotopic (exact) mass is 293 g/mol. The highest BCUT2D eigenvalue weighted by Crippen LogP contribution is 2.28. The summed E-state index contributed by atoms with van der Waals surface area (Å²) in [6.45, 7) is 0.507. The molecule has 1 unspecified atom stereocenters. The number of ether oxygens (including phenoxy) is 1. The molecule has 2 rings (SSSR count). The van der Waals surface area contributed by atoms with Gasteiger partial charge in [-0.3, -0.25) is 9.59 Å². The lowest BCUT2D eigenvalue weighted by atomic mass is 9.98. The van der Waals surface area contributed by atoms with Crippen LogP contribution in [0, 0.1) is 0 Å². The second kappa shape index (κ2) is 6.47. The Bertz CT molecular complexity index is 543. The fraction of sp³-hybridized carbons (Fsp3) is 0.467. The molecule has 0 saturated carbocycles. The number of likely N-dealkylation sites (tertiary alicyclic amines) is 1. The maximum Gasteiger partial charge on any atom is 0.305 e. The van der Waals surface area contributed by atoms with Crippen LogP contribution in [0.5, 0.6) is 11.5 Å². The van der Waals surface area contributed by atoms with Gasteiger partial charge < -0.3 is 19.8 Å². The van der Waals surface area contributed by atoms with Crippen LogP contribution >= 0.6 is 0 Å². The van der Waals surface area contributed by atoms with E-state index >= 15 is 0 Å². The van der Waals surface area contributed by atoms with Gasteiger partial charge in [0.15, 0.2) is 0 Å². The Kier molecular flexibility index (Phi) is 4.67. The van der Waals surface area contributed by atoms with Crippen molar-refractivity contribution in [3.63, 3.8) is 0 Å². The van der Waals surface area contributed by atoms with Gasteiger partial charge in [-0.2, -0.15) is 0 Å². The highest BCUT2D eigenvalue weighted by atomic mass is 16.5. The molecule has 1 heterocycles. The Labute approximate surface area is 122 Å². The summed E-state index contributed by atoms with van der Waals surface area (Å²) < 4.78 is 5.06. The average Bonchev–Trinajstić information content (AvgIpc) is 2.47. The normalized spacial score (nSPS) is 18.3. The number of carbonyl (C=O) groups is 2. The molecule has 21 heavy (non-hydrogen) atoms. The number of nitrogens with zero attached hydrogens (tertiary/aromatic N) is 1. The molecular weight excluding hydrogens is 274 g/mol. The van der Waals surface area contributed by atoms with Gasteiger partial charge in [0.2, 0.25) is 0 Å². The van der Waals surface area contributed by atoms with Crippen molar-refractivity contribution in [1.29, 1.82) is 0 Å². The summed E-state index contributed by atoms with van der Waals surface area (Å²) in [7, 11) is 1.48. The zero-order valence-electron chi connectivity index (χ0n) is 11.9. The summed E-state index contributed by atoms with van der Waals surface area (Å²) in [6.07, 6.45) is 2.34. The van der Waals surface area contributed by atoms with E-state index in [4.69, 9.17) is 9.84 Å². The van der Waals surface area contributed by atoms with Crippen LogP contribution in [0.15, 0.2) is 18.2 Å². The van der Waals surface area contributed by atoms with Crippen molar-refractivity contribution >= 4 is 11.9 Å². The number of amides is 1. The van der Waals surface area contributed by atoms with E-state index in [9.17, 15) is 14.7 Å². The third kappa shape index (κ3) is 3.45. The Balaban J connectivity index is 2.26. The summed E-state index contributed by atoms with van der Waals surface area (Å²) in [4.78, 5) is 25.1. The number of piperidine rings is 1. The van der Waals surface area contributed by atoms with E-state index in [1.165, 1.54) is 19.2 Å². The number of aliphatic carboxylic acids is 1. The van der Waals surface area contributed by atoms with Crippen LogP contribution in [-0.2, 0) is 4.79 Å². The number of carboxylic acids is 1. The molecular formula is C15H19NO5. The lowest BCUT2D eigenvalue weighted by molar-refractivity contribution is -0.138. The topological polar surface area (TPSA) is 87.1 Å². The van der Waals surface area contributed by atoms with E-state index in [-0.39, 0.29) is 29.7 Å². The fourth-order valence-electron chi connectivity index (χ4n) is 2.65. The van der Waals surface area contributed by atoms with E-state index in [1.54, 1.807) is 11.0 Å². The average molecular weight is 293 g/mol. The number of carboxylic acid groups (broad SMARTS) is 1. The van der Waals surface area contributed by atoms with Crippen molar-refractivity contribution in [2.24, 2.45) is 0 Å². The van der Waals surface area contributed by atoms with E-state index in [1.807, 2.05) is 0 Å². The minimum atomic E-state index is -0.922. The fourth-order valence-corrected chi connectivity index (χ4v) is 2.65. The molecule has 1 amide bonds. The van der Waals surface area contributed by atoms with Crippen molar-refractivity contribution in [2.45, 2.75) is 31.7 Å². The smallest absolute Gasteiger partial charge is 0.305 e. The van der Waals surface area contributed by atoms with E-state index in [0.717, 1.165) is 12.8 Å². The molecule has 0 aliphatic carbocycles. The zero-order chi connectivity index (χ0) is 15.4. The van der Waals surface area contributed by atoms with Gasteiger partial charge in [0.05, 0.1) is 19.1 Å². The number of methoxy groups -OCH3 is 1. The largest absolute Gasteiger partial charge is 0.507 e. The van der Waals surface area contributed by atoms with E-state index < -0.39 is 5.97 Å². The summed E-state index contributed by atoms with van der Waals surface area (Å²) in [6, 6.07) is 4.12. The van der Waals surface area contributed by atoms with Crippen LogP contribution in [0.25, 0.3) is 0 Å². The van der Waals surface area contributed by atoms with Crippen molar-refractivity contribution in [3.05, 3.63) is 23.8 Å². The van der Waals surface area contributed by atoms with Gasteiger partial charge in [-0.15, -0.1) is 0 Å². The Morgan fingerprint density at radius 3 is 2.81 bits per heavy atom. The number of phenols is 1. The SMILES string of the molecule is COc1ccc(O)c(C(=O)N2CCCCC2CC(=O)O)c1. The van der Waals surface area contributed by atoms with Gasteiger partial charge in [0, 0.05) is 12.6 Å². The molecule has 1 aromatic rings. The Morgan fingerprint density at radius 1 is 1.38 bits per heavy atom. The highest BCUT2D eigenvalue weighted by molar-refractivity contribution is 5.97.